The fourth-order valence-corrected chi connectivity index (χ4v) is 14.9. The van der Waals surface area contributed by atoms with Crippen LogP contribution in [-0.4, -0.2) is 64.3 Å². The van der Waals surface area contributed by atoms with Crippen molar-refractivity contribution in [2.75, 3.05) is 17.3 Å². The Kier molecular flexibility index (Phi) is 18.5. The smallest absolute Gasteiger partial charge is 0.405 e. The van der Waals surface area contributed by atoms with Crippen molar-refractivity contribution in [2.45, 2.75) is 32.4 Å². The van der Waals surface area contributed by atoms with Gasteiger partial charge in [0.1, 0.15) is 18.1 Å². The fraction of sp³-hybridized carbons (Fsp3) is 0.134. The molecule has 0 fully saturated rings. The van der Waals surface area contributed by atoms with Crippen LogP contribution in [0.5, 0.6) is 0 Å². The number of carboxylic acid groups (broad SMARTS) is 1. The van der Waals surface area contributed by atoms with Crippen molar-refractivity contribution >= 4 is 59.1 Å². The highest BCUT2D eigenvalue weighted by atomic mass is 32.2. The Balaban J connectivity index is 1.10. The van der Waals surface area contributed by atoms with Gasteiger partial charge in [0.25, 0.3) is 0 Å². The van der Waals surface area contributed by atoms with Crippen LogP contribution in [0.15, 0.2) is 273 Å². The Morgan fingerprint density at radius 3 is 0.684 bits per heavy atom. The van der Waals surface area contributed by atoms with Crippen LogP contribution in [0.3, 0.4) is 0 Å². The van der Waals surface area contributed by atoms with E-state index in [4.69, 9.17) is 5.73 Å². The molecule has 396 valence electrons. The van der Waals surface area contributed by atoms with Gasteiger partial charge in [-0.15, -0.1) is 35.3 Å². The molecule has 79 heavy (non-hydrogen) atoms. The third-order valence-electron chi connectivity index (χ3n) is 13.9. The number of thioether (sulfide) groups is 3. The molecule has 12 heteroatoms. The molecule has 0 radical (unpaired) electrons. The van der Waals surface area contributed by atoms with Crippen molar-refractivity contribution in [3.63, 3.8) is 0 Å². The molecule has 0 aliphatic rings. The molecule has 0 aliphatic heterocycles. The number of carbonyl (C=O) groups excluding carboxylic acids is 3. The van der Waals surface area contributed by atoms with Crippen LogP contribution in [0.25, 0.3) is 0 Å². The van der Waals surface area contributed by atoms with Crippen LogP contribution in [0, 0.1) is 0 Å². The minimum absolute atomic E-state index is 0.0359. The highest BCUT2D eigenvalue weighted by molar-refractivity contribution is 8.01. The molecule has 3 atom stereocenters. The zero-order valence-electron chi connectivity index (χ0n) is 43.2. The summed E-state index contributed by atoms with van der Waals surface area (Å²) in [5.41, 5.74) is 14.7. The number of nitrogens with one attached hydrogen (secondary N) is 3. The van der Waals surface area contributed by atoms with Gasteiger partial charge in [0.2, 0.25) is 17.7 Å². The molecular formula is C67H60N4O5S3. The van der Waals surface area contributed by atoms with Crippen LogP contribution in [0.1, 0.15) is 50.1 Å². The summed E-state index contributed by atoms with van der Waals surface area (Å²) < 4.78 is -2.69. The highest BCUT2D eigenvalue weighted by Gasteiger charge is 2.43. The number of hydrogen-bond acceptors (Lipinski definition) is 7. The van der Waals surface area contributed by atoms with E-state index < -0.39 is 56.2 Å². The normalized spacial score (nSPS) is 12.8. The minimum Gasteiger partial charge on any atom is -0.465 e. The van der Waals surface area contributed by atoms with E-state index in [1.807, 2.05) is 237 Å². The zero-order chi connectivity index (χ0) is 54.9. The second kappa shape index (κ2) is 26.4. The molecule has 0 saturated heterocycles. The molecule has 3 unspecified atom stereocenters. The topological polar surface area (TPSA) is 151 Å². The van der Waals surface area contributed by atoms with Gasteiger partial charge in [0, 0.05) is 17.3 Å². The number of carbonyl (C=O) groups is 4. The molecular weight excluding hydrogens is 1040 g/mol. The number of hydrogen-bond donors (Lipinski definition) is 5. The van der Waals surface area contributed by atoms with Crippen LogP contribution in [0.4, 0.5) is 4.79 Å². The average molecular weight is 1100 g/mol. The highest BCUT2D eigenvalue weighted by Crippen LogP contribution is 2.51. The summed E-state index contributed by atoms with van der Waals surface area (Å²) in [5, 5.41) is 19.0. The Hall–Kier alpha value is -8.29. The Labute approximate surface area is 474 Å². The van der Waals surface area contributed by atoms with E-state index in [1.54, 1.807) is 0 Å². The quantitative estimate of drug-likeness (QED) is 0.0375. The van der Waals surface area contributed by atoms with E-state index in [2.05, 4.69) is 52.3 Å². The molecule has 0 spiro atoms. The first-order valence-electron chi connectivity index (χ1n) is 26.0. The van der Waals surface area contributed by atoms with Gasteiger partial charge in [0.05, 0.1) is 14.2 Å². The van der Waals surface area contributed by atoms with Crippen LogP contribution in [0.2, 0.25) is 0 Å². The predicted octanol–water partition coefficient (Wildman–Crippen LogP) is 12.3. The second-order valence-electron chi connectivity index (χ2n) is 18.8. The number of rotatable bonds is 24. The molecule has 9 aromatic carbocycles. The minimum atomic E-state index is -1.42. The number of nitrogens with two attached hydrogens (primary N) is 1. The van der Waals surface area contributed by atoms with Gasteiger partial charge in [-0.2, -0.15) is 0 Å². The van der Waals surface area contributed by atoms with Crippen LogP contribution < -0.4 is 21.7 Å². The van der Waals surface area contributed by atoms with Gasteiger partial charge in [-0.25, -0.2) is 4.79 Å². The van der Waals surface area contributed by atoms with Crippen molar-refractivity contribution in [1.82, 2.24) is 16.0 Å². The first-order chi connectivity index (χ1) is 38.6. The van der Waals surface area contributed by atoms with Crippen molar-refractivity contribution in [3.05, 3.63) is 323 Å². The molecule has 0 aliphatic carbocycles. The SMILES string of the molecule is NC(=O)C(CSC(c1ccccc1)(c1ccccc1)c1ccccc1)NC(=O)C(CSC(c1ccccc1)(c1ccccc1)c1ccccc1)NC(=O)C(CSC(c1ccccc1)(c1ccccc1)c1ccccc1)NC(=O)O. The van der Waals surface area contributed by atoms with E-state index in [1.165, 1.54) is 35.3 Å². The molecule has 0 heterocycles. The van der Waals surface area contributed by atoms with Gasteiger partial charge < -0.3 is 26.8 Å². The number of primary amides is 1. The Morgan fingerprint density at radius 1 is 0.316 bits per heavy atom. The molecule has 9 aromatic rings. The second-order valence-corrected chi connectivity index (χ2v) is 22.5. The molecule has 4 amide bonds. The first kappa shape index (κ1) is 55.5. The summed E-state index contributed by atoms with van der Waals surface area (Å²) in [6.45, 7) is 0. The summed E-state index contributed by atoms with van der Waals surface area (Å²) in [4.78, 5) is 57.4. The van der Waals surface area contributed by atoms with Gasteiger partial charge >= 0.3 is 6.09 Å². The molecule has 0 bridgehead atoms. The molecule has 0 aromatic heterocycles. The van der Waals surface area contributed by atoms with Crippen LogP contribution in [-0.2, 0) is 28.6 Å². The summed E-state index contributed by atoms with van der Waals surface area (Å²) in [7, 11) is 0. The van der Waals surface area contributed by atoms with Crippen molar-refractivity contribution in [3.8, 4) is 0 Å². The molecule has 6 N–H and O–H groups in total. The largest absolute Gasteiger partial charge is 0.465 e. The summed E-state index contributed by atoms with van der Waals surface area (Å²) in [5.74, 6) is -2.23. The fourth-order valence-electron chi connectivity index (χ4n) is 10.2. The zero-order valence-corrected chi connectivity index (χ0v) is 45.7. The van der Waals surface area contributed by atoms with Crippen molar-refractivity contribution < 1.29 is 24.3 Å². The maximum atomic E-state index is 15.5. The van der Waals surface area contributed by atoms with E-state index in [0.29, 0.717) is 0 Å². The lowest BCUT2D eigenvalue weighted by molar-refractivity contribution is -0.131. The lowest BCUT2D eigenvalue weighted by atomic mass is 9.84. The lowest BCUT2D eigenvalue weighted by Crippen LogP contribution is -2.58. The monoisotopic (exact) mass is 1100 g/mol. The van der Waals surface area contributed by atoms with Gasteiger partial charge in [-0.3, -0.25) is 14.4 Å². The maximum Gasteiger partial charge on any atom is 0.405 e. The predicted molar refractivity (Wildman–Crippen MR) is 323 cm³/mol. The number of amides is 4. The standard InChI is InChI=1S/C67H60N4O5S3/c68-61(72)58(46-77-65(49-28-10-1-11-29-49,50-30-12-2-13-31-50)51-32-14-3-15-33-51)69-62(73)59(47-78-66(52-34-16-4-17-35-52,53-36-18-5-19-37-53)54-38-20-6-21-39-54)70-63(74)60(71-64(75)76)48-79-67(55-40-22-7-23-41-55,56-42-24-8-25-43-56)57-44-26-9-27-45-57/h1-45,58-60,71H,46-48H2,(H2,68,72)(H,69,73)(H,70,74)(H,75,76). The van der Waals surface area contributed by atoms with Gasteiger partial charge in [-0.1, -0.05) is 273 Å². The Morgan fingerprint density at radius 2 is 0.494 bits per heavy atom. The summed E-state index contributed by atoms with van der Waals surface area (Å²) in [6.07, 6.45) is -1.42. The maximum absolute atomic E-state index is 15.5. The number of benzene rings is 9. The molecule has 9 rings (SSSR count). The van der Waals surface area contributed by atoms with Crippen LogP contribution >= 0.6 is 35.3 Å². The van der Waals surface area contributed by atoms with E-state index >= 15 is 9.59 Å². The lowest BCUT2D eigenvalue weighted by Gasteiger charge is -2.37. The first-order valence-corrected chi connectivity index (χ1v) is 28.9. The van der Waals surface area contributed by atoms with Gasteiger partial charge in [-0.05, 0) is 50.1 Å². The third kappa shape index (κ3) is 12.5. The van der Waals surface area contributed by atoms with E-state index in [0.717, 1.165) is 50.1 Å². The van der Waals surface area contributed by atoms with E-state index in [9.17, 15) is 14.7 Å². The molecule has 9 nitrogen and oxygen atoms in total. The summed E-state index contributed by atoms with van der Waals surface area (Å²) >= 11 is 4.33. The molecule has 0 saturated carbocycles. The summed E-state index contributed by atoms with van der Waals surface area (Å²) in [6, 6.07) is 85.8. The van der Waals surface area contributed by atoms with Crippen molar-refractivity contribution in [2.24, 2.45) is 5.73 Å². The van der Waals surface area contributed by atoms with E-state index in [-0.39, 0.29) is 17.3 Å². The van der Waals surface area contributed by atoms with Gasteiger partial charge in [0.15, 0.2) is 0 Å². The average Bonchev–Trinajstić information content (AvgIpc) is 3.51. The third-order valence-corrected chi connectivity index (χ3v) is 18.8. The van der Waals surface area contributed by atoms with Crippen molar-refractivity contribution in [1.29, 1.82) is 0 Å². The Bertz CT molecular complexity index is 3080.